The number of benzene rings is 1. The molecule has 152 valence electrons. The third kappa shape index (κ3) is 4.36. The van der Waals surface area contributed by atoms with Gasteiger partial charge in [0.05, 0.1) is 5.41 Å². The van der Waals surface area contributed by atoms with E-state index in [9.17, 15) is 14.4 Å². The molecule has 0 aliphatic carbocycles. The molecule has 29 heavy (non-hydrogen) atoms. The predicted molar refractivity (Wildman–Crippen MR) is 110 cm³/mol. The summed E-state index contributed by atoms with van der Waals surface area (Å²) < 4.78 is 0. The molecular formula is C23H27N3O3. The molecule has 3 amide bonds. The van der Waals surface area contributed by atoms with E-state index in [1.165, 1.54) is 0 Å². The molecule has 2 aromatic rings. The molecule has 0 radical (unpaired) electrons. The fourth-order valence-electron chi connectivity index (χ4n) is 3.75. The van der Waals surface area contributed by atoms with Gasteiger partial charge in [-0.25, -0.2) is 0 Å². The van der Waals surface area contributed by atoms with Gasteiger partial charge in [0.25, 0.3) is 5.91 Å². The van der Waals surface area contributed by atoms with Gasteiger partial charge in [0.2, 0.25) is 11.8 Å². The maximum atomic E-state index is 12.5. The zero-order valence-corrected chi connectivity index (χ0v) is 17.3. The van der Waals surface area contributed by atoms with Crippen LogP contribution in [0.25, 0.3) is 0 Å². The summed E-state index contributed by atoms with van der Waals surface area (Å²) in [5.41, 5.74) is 3.69. The summed E-state index contributed by atoms with van der Waals surface area (Å²) in [5, 5.41) is 5.33. The number of hydrogen-bond acceptors (Lipinski definition) is 4. The summed E-state index contributed by atoms with van der Waals surface area (Å²) in [6.45, 7) is 8.18. The Labute approximate surface area is 171 Å². The molecule has 1 aromatic carbocycles. The monoisotopic (exact) mass is 393 g/mol. The van der Waals surface area contributed by atoms with E-state index in [-0.39, 0.29) is 30.1 Å². The Kier molecular flexibility index (Phi) is 5.82. The number of aromatic nitrogens is 1. The number of nitrogens with zero attached hydrogens (tertiary/aromatic N) is 1. The van der Waals surface area contributed by atoms with Crippen LogP contribution in [0.4, 0.5) is 0 Å². The van der Waals surface area contributed by atoms with Crippen molar-refractivity contribution in [1.29, 1.82) is 0 Å². The summed E-state index contributed by atoms with van der Waals surface area (Å²) in [4.78, 5) is 40.8. The van der Waals surface area contributed by atoms with Gasteiger partial charge in [-0.3, -0.25) is 24.7 Å². The summed E-state index contributed by atoms with van der Waals surface area (Å²) in [6, 6.07) is 11.2. The molecule has 3 rings (SSSR count). The van der Waals surface area contributed by atoms with E-state index in [2.05, 4.69) is 22.5 Å². The largest absolute Gasteiger partial charge is 0.348 e. The van der Waals surface area contributed by atoms with Crippen molar-refractivity contribution in [2.45, 2.75) is 53.0 Å². The van der Waals surface area contributed by atoms with Crippen LogP contribution in [0.5, 0.6) is 0 Å². The van der Waals surface area contributed by atoms with Crippen molar-refractivity contribution in [3.8, 4) is 0 Å². The first-order valence-corrected chi connectivity index (χ1v) is 9.92. The van der Waals surface area contributed by atoms with Gasteiger partial charge in [-0.15, -0.1) is 0 Å². The number of hydrogen-bond donors (Lipinski definition) is 2. The van der Waals surface area contributed by atoms with Crippen LogP contribution < -0.4 is 10.6 Å². The van der Waals surface area contributed by atoms with Crippen molar-refractivity contribution in [1.82, 2.24) is 15.6 Å². The molecular weight excluding hydrogens is 366 g/mol. The van der Waals surface area contributed by atoms with Gasteiger partial charge in [0.15, 0.2) is 0 Å². The Hall–Kier alpha value is -3.02. The van der Waals surface area contributed by atoms with Gasteiger partial charge in [-0.1, -0.05) is 26.0 Å². The minimum Gasteiger partial charge on any atom is -0.348 e. The summed E-state index contributed by atoms with van der Waals surface area (Å²) in [6.07, 6.45) is 1.03. The fourth-order valence-corrected chi connectivity index (χ4v) is 3.75. The Balaban J connectivity index is 1.67. The number of imide groups is 1. The van der Waals surface area contributed by atoms with E-state index in [1.807, 2.05) is 38.1 Å². The lowest BCUT2D eigenvalue weighted by atomic mass is 9.73. The number of amides is 3. The van der Waals surface area contributed by atoms with Crippen molar-refractivity contribution in [3.05, 3.63) is 64.5 Å². The Morgan fingerprint density at radius 2 is 1.93 bits per heavy atom. The zero-order chi connectivity index (χ0) is 21.2. The zero-order valence-electron chi connectivity index (χ0n) is 17.3. The lowest BCUT2D eigenvalue weighted by Crippen LogP contribution is -2.33. The summed E-state index contributed by atoms with van der Waals surface area (Å²) in [7, 11) is 0. The molecule has 2 heterocycles. The number of carbonyl (C=O) groups excluding carboxylic acids is 3. The highest BCUT2D eigenvalue weighted by Crippen LogP contribution is 2.41. The van der Waals surface area contributed by atoms with Gasteiger partial charge in [-0.05, 0) is 61.6 Å². The lowest BCUT2D eigenvalue weighted by molar-refractivity contribution is -0.128. The molecule has 0 unspecified atom stereocenters. The molecule has 1 aliphatic heterocycles. The van der Waals surface area contributed by atoms with Crippen molar-refractivity contribution in [2.75, 3.05) is 0 Å². The number of carbonyl (C=O) groups is 3. The van der Waals surface area contributed by atoms with Gasteiger partial charge in [0, 0.05) is 29.9 Å². The predicted octanol–water partition coefficient (Wildman–Crippen LogP) is 3.04. The SMILES string of the molecule is CCc1cc(CNC(=O)c2ccc([C@@H](C)[C@]3(C)CC(=O)NC3=O)cc2)cc(C)n1. The van der Waals surface area contributed by atoms with Gasteiger partial charge in [-0.2, -0.15) is 0 Å². The molecule has 2 N–H and O–H groups in total. The van der Waals surface area contributed by atoms with Crippen molar-refractivity contribution >= 4 is 17.7 Å². The van der Waals surface area contributed by atoms with Crippen molar-refractivity contribution < 1.29 is 14.4 Å². The minimum absolute atomic E-state index is 0.140. The van der Waals surface area contributed by atoms with Gasteiger partial charge < -0.3 is 5.32 Å². The van der Waals surface area contributed by atoms with Gasteiger partial charge in [0.1, 0.15) is 0 Å². The van der Waals surface area contributed by atoms with Crippen LogP contribution in [0, 0.1) is 12.3 Å². The maximum absolute atomic E-state index is 12.5. The highest BCUT2D eigenvalue weighted by molar-refractivity contribution is 6.06. The van der Waals surface area contributed by atoms with E-state index in [1.54, 1.807) is 19.1 Å². The molecule has 2 atom stereocenters. The molecule has 1 saturated heterocycles. The standard InChI is InChI=1S/C23H27N3O3/c1-5-19-11-16(10-14(2)25-19)13-24-21(28)18-8-6-17(7-9-18)15(3)23(4)12-20(27)26-22(23)29/h6-11,15H,5,12-13H2,1-4H3,(H,24,28)(H,26,27,29)/t15-,23+/m1/s1. The molecule has 6 nitrogen and oxygen atoms in total. The fraction of sp³-hybridized carbons (Fsp3) is 0.391. The first kappa shape index (κ1) is 20.7. The molecule has 0 bridgehead atoms. The summed E-state index contributed by atoms with van der Waals surface area (Å²) in [5.74, 6) is -0.774. The number of pyridine rings is 1. The van der Waals surface area contributed by atoms with E-state index >= 15 is 0 Å². The highest BCUT2D eigenvalue weighted by Gasteiger charge is 2.46. The third-order valence-electron chi connectivity index (χ3n) is 5.81. The second kappa shape index (κ2) is 8.15. The normalized spacial score (nSPS) is 19.7. The quantitative estimate of drug-likeness (QED) is 0.739. The second-order valence-corrected chi connectivity index (χ2v) is 7.96. The van der Waals surface area contributed by atoms with Crippen molar-refractivity contribution in [3.63, 3.8) is 0 Å². The first-order valence-electron chi connectivity index (χ1n) is 9.92. The van der Waals surface area contributed by atoms with Crippen LogP contribution in [0.1, 0.15) is 66.0 Å². The molecule has 1 fully saturated rings. The van der Waals surface area contributed by atoms with Crippen LogP contribution in [-0.4, -0.2) is 22.7 Å². The molecule has 1 aromatic heterocycles. The van der Waals surface area contributed by atoms with E-state index < -0.39 is 5.41 Å². The summed E-state index contributed by atoms with van der Waals surface area (Å²) >= 11 is 0. The first-order chi connectivity index (χ1) is 13.7. The Bertz CT molecular complexity index is 952. The average Bonchev–Trinajstić information content (AvgIpc) is 2.97. The van der Waals surface area contributed by atoms with Crippen LogP contribution in [-0.2, 0) is 22.6 Å². The van der Waals surface area contributed by atoms with Crippen LogP contribution in [0.3, 0.4) is 0 Å². The van der Waals surface area contributed by atoms with Gasteiger partial charge >= 0.3 is 0 Å². The molecule has 0 spiro atoms. The number of aryl methyl sites for hydroxylation is 2. The Morgan fingerprint density at radius 3 is 2.52 bits per heavy atom. The van der Waals surface area contributed by atoms with Crippen LogP contribution >= 0.6 is 0 Å². The topological polar surface area (TPSA) is 88.2 Å². The molecule has 0 saturated carbocycles. The second-order valence-electron chi connectivity index (χ2n) is 7.96. The smallest absolute Gasteiger partial charge is 0.251 e. The van der Waals surface area contributed by atoms with Crippen LogP contribution in [0.2, 0.25) is 0 Å². The minimum atomic E-state index is -0.767. The number of rotatable bonds is 6. The van der Waals surface area contributed by atoms with E-state index in [4.69, 9.17) is 0 Å². The van der Waals surface area contributed by atoms with E-state index in [0.717, 1.165) is 28.9 Å². The maximum Gasteiger partial charge on any atom is 0.251 e. The van der Waals surface area contributed by atoms with Crippen LogP contribution in [0.15, 0.2) is 36.4 Å². The highest BCUT2D eigenvalue weighted by atomic mass is 16.2. The lowest BCUT2D eigenvalue weighted by Gasteiger charge is -2.28. The Morgan fingerprint density at radius 1 is 1.24 bits per heavy atom. The molecule has 6 heteroatoms. The van der Waals surface area contributed by atoms with Crippen molar-refractivity contribution in [2.24, 2.45) is 5.41 Å². The number of nitrogens with one attached hydrogen (secondary N) is 2. The third-order valence-corrected chi connectivity index (χ3v) is 5.81. The average molecular weight is 393 g/mol. The molecule has 1 aliphatic rings. The van der Waals surface area contributed by atoms with E-state index in [0.29, 0.717) is 12.1 Å².